The molecule has 1 aromatic carbocycles. The summed E-state index contributed by atoms with van der Waals surface area (Å²) < 4.78 is 5.32. The third kappa shape index (κ3) is 4.82. The molecule has 7 heteroatoms. The minimum atomic E-state index is 0.146. The summed E-state index contributed by atoms with van der Waals surface area (Å²) in [5, 5.41) is 3.74. The fourth-order valence-electron chi connectivity index (χ4n) is 7.77. The van der Waals surface area contributed by atoms with Crippen molar-refractivity contribution in [1.29, 1.82) is 0 Å². The molecular weight excluding hydrogens is 450 g/mol. The third-order valence-corrected chi connectivity index (χ3v) is 9.28. The van der Waals surface area contributed by atoms with Gasteiger partial charge in [0, 0.05) is 25.2 Å². The minimum absolute atomic E-state index is 0.146. The number of methoxy groups -OCH3 is 1. The Bertz CT molecular complexity index is 1080. The van der Waals surface area contributed by atoms with Crippen molar-refractivity contribution >= 4 is 11.7 Å². The zero-order valence-corrected chi connectivity index (χ0v) is 21.7. The van der Waals surface area contributed by atoms with E-state index in [0.717, 1.165) is 71.9 Å². The Morgan fingerprint density at radius 1 is 1.14 bits per heavy atom. The van der Waals surface area contributed by atoms with Crippen molar-refractivity contribution in [3.63, 3.8) is 0 Å². The SMILES string of the molecule is COc1cccc(CN(C)CC(=O)N2CCc3c(ncnc3NCC3C4CC5CC(C4)CC3C5)C2)c1. The number of anilines is 1. The molecule has 0 radical (unpaired) electrons. The predicted octanol–water partition coefficient (Wildman–Crippen LogP) is 3.99. The van der Waals surface area contributed by atoms with Crippen molar-refractivity contribution in [2.45, 2.75) is 51.6 Å². The van der Waals surface area contributed by atoms with Crippen LogP contribution in [0.3, 0.4) is 0 Å². The molecule has 2 heterocycles. The number of aromatic nitrogens is 2. The second kappa shape index (κ2) is 10.0. The maximum atomic E-state index is 13.1. The summed E-state index contributed by atoms with van der Waals surface area (Å²) in [6.07, 6.45) is 9.77. The quantitative estimate of drug-likeness (QED) is 0.605. The van der Waals surface area contributed by atoms with Crippen LogP contribution in [-0.4, -0.2) is 59.5 Å². The van der Waals surface area contributed by atoms with Gasteiger partial charge in [-0.15, -0.1) is 0 Å². The number of nitrogens with one attached hydrogen (secondary N) is 1. The molecule has 1 aliphatic heterocycles. The molecule has 0 unspecified atom stereocenters. The van der Waals surface area contributed by atoms with Crippen LogP contribution in [0, 0.1) is 29.6 Å². The fraction of sp³-hybridized carbons (Fsp3) is 0.621. The van der Waals surface area contributed by atoms with Crippen LogP contribution in [0.5, 0.6) is 5.75 Å². The van der Waals surface area contributed by atoms with E-state index < -0.39 is 0 Å². The zero-order chi connectivity index (χ0) is 24.6. The van der Waals surface area contributed by atoms with E-state index in [0.29, 0.717) is 19.6 Å². The van der Waals surface area contributed by atoms with E-state index in [9.17, 15) is 4.79 Å². The maximum absolute atomic E-state index is 13.1. The standard InChI is InChI=1S/C29H39N5O2/c1-33(15-19-4-3-5-24(13-19)36-2)17-28(35)34-7-6-25-27(16-34)31-18-32-29(25)30-14-26-22-9-20-8-21(11-22)12-23(26)10-20/h3-5,13,18,20-23,26H,6-12,14-17H2,1-2H3,(H,30,31,32). The van der Waals surface area contributed by atoms with Crippen molar-refractivity contribution in [2.24, 2.45) is 29.6 Å². The van der Waals surface area contributed by atoms with Gasteiger partial charge < -0.3 is 15.0 Å². The first kappa shape index (κ1) is 23.7. The Morgan fingerprint density at radius 3 is 2.67 bits per heavy atom. The summed E-state index contributed by atoms with van der Waals surface area (Å²) in [6, 6.07) is 8.01. The lowest BCUT2D eigenvalue weighted by molar-refractivity contribution is -0.133. The number of hydrogen-bond donors (Lipinski definition) is 1. The number of ether oxygens (including phenoxy) is 1. The van der Waals surface area contributed by atoms with E-state index in [2.05, 4.69) is 26.3 Å². The summed E-state index contributed by atoms with van der Waals surface area (Å²) in [7, 11) is 3.66. The second-order valence-electron chi connectivity index (χ2n) is 11.7. The van der Waals surface area contributed by atoms with E-state index in [-0.39, 0.29) is 5.91 Å². The molecule has 1 N–H and O–H groups in total. The normalized spacial score (nSPS) is 28.3. The first-order chi connectivity index (χ1) is 17.6. The highest BCUT2D eigenvalue weighted by Crippen LogP contribution is 2.56. The van der Waals surface area contributed by atoms with Crippen molar-refractivity contribution < 1.29 is 9.53 Å². The van der Waals surface area contributed by atoms with Gasteiger partial charge in [-0.1, -0.05) is 12.1 Å². The van der Waals surface area contributed by atoms with E-state index in [1.165, 1.54) is 37.7 Å². The Kier molecular flexibility index (Phi) is 6.59. The highest BCUT2D eigenvalue weighted by atomic mass is 16.5. The van der Waals surface area contributed by atoms with Crippen LogP contribution >= 0.6 is 0 Å². The van der Waals surface area contributed by atoms with Gasteiger partial charge in [0.25, 0.3) is 0 Å². The van der Waals surface area contributed by atoms with Gasteiger partial charge in [0.2, 0.25) is 5.91 Å². The summed E-state index contributed by atoms with van der Waals surface area (Å²) in [5.74, 6) is 6.62. The lowest BCUT2D eigenvalue weighted by Crippen LogP contribution is -2.47. The molecule has 1 amide bonds. The molecule has 192 valence electrons. The number of hydrogen-bond acceptors (Lipinski definition) is 6. The highest BCUT2D eigenvalue weighted by molar-refractivity contribution is 5.78. The maximum Gasteiger partial charge on any atom is 0.237 e. The Labute approximate surface area is 214 Å². The number of benzene rings is 1. The number of carbonyl (C=O) groups excluding carboxylic acids is 1. The molecule has 4 aliphatic carbocycles. The topological polar surface area (TPSA) is 70.6 Å². The molecule has 0 atom stereocenters. The van der Waals surface area contributed by atoms with Gasteiger partial charge in [-0.05, 0) is 92.9 Å². The molecule has 4 saturated carbocycles. The fourth-order valence-corrected chi connectivity index (χ4v) is 7.77. The Balaban J connectivity index is 1.05. The second-order valence-corrected chi connectivity index (χ2v) is 11.7. The lowest BCUT2D eigenvalue weighted by atomic mass is 9.52. The van der Waals surface area contributed by atoms with Crippen molar-refractivity contribution in [2.75, 3.05) is 39.1 Å². The first-order valence-electron chi connectivity index (χ1n) is 13.7. The van der Waals surface area contributed by atoms with Gasteiger partial charge in [0.15, 0.2) is 0 Å². The first-order valence-corrected chi connectivity index (χ1v) is 13.7. The van der Waals surface area contributed by atoms with E-state index in [1.54, 1.807) is 13.4 Å². The van der Waals surface area contributed by atoms with Crippen LogP contribution in [0.15, 0.2) is 30.6 Å². The molecule has 7 rings (SSSR count). The molecule has 1 aromatic heterocycles. The monoisotopic (exact) mass is 489 g/mol. The van der Waals surface area contributed by atoms with E-state index >= 15 is 0 Å². The summed E-state index contributed by atoms with van der Waals surface area (Å²) in [4.78, 5) is 26.3. The lowest BCUT2D eigenvalue weighted by Gasteiger charge is -2.54. The van der Waals surface area contributed by atoms with Crippen LogP contribution < -0.4 is 10.1 Å². The Morgan fingerprint density at radius 2 is 1.92 bits per heavy atom. The smallest absolute Gasteiger partial charge is 0.237 e. The van der Waals surface area contributed by atoms with Gasteiger partial charge in [-0.2, -0.15) is 0 Å². The molecule has 5 aliphatic rings. The number of nitrogens with zero attached hydrogens (tertiary/aromatic N) is 4. The number of fused-ring (bicyclic) bond motifs is 1. The van der Waals surface area contributed by atoms with Gasteiger partial charge in [0.05, 0.1) is 25.9 Å². The number of rotatable bonds is 8. The van der Waals surface area contributed by atoms with Crippen LogP contribution in [0.2, 0.25) is 0 Å². The largest absolute Gasteiger partial charge is 0.497 e. The molecule has 7 nitrogen and oxygen atoms in total. The van der Waals surface area contributed by atoms with E-state index in [4.69, 9.17) is 4.74 Å². The van der Waals surface area contributed by atoms with Gasteiger partial charge in [-0.25, -0.2) is 9.97 Å². The number of likely N-dealkylation sites (N-methyl/N-ethyl adjacent to an activating group) is 1. The summed E-state index contributed by atoms with van der Waals surface area (Å²) in [6.45, 7) is 3.41. The average Bonchev–Trinajstić information content (AvgIpc) is 2.87. The molecular formula is C29H39N5O2. The number of carbonyl (C=O) groups is 1. The molecule has 4 bridgehead atoms. The zero-order valence-electron chi connectivity index (χ0n) is 21.7. The third-order valence-electron chi connectivity index (χ3n) is 9.28. The molecule has 0 spiro atoms. The van der Waals surface area contributed by atoms with Crippen molar-refractivity contribution in [3.8, 4) is 5.75 Å². The highest BCUT2D eigenvalue weighted by Gasteiger charge is 2.47. The average molecular weight is 490 g/mol. The van der Waals surface area contributed by atoms with Crippen molar-refractivity contribution in [1.82, 2.24) is 19.8 Å². The minimum Gasteiger partial charge on any atom is -0.497 e. The van der Waals surface area contributed by atoms with Crippen LogP contribution in [0.4, 0.5) is 5.82 Å². The van der Waals surface area contributed by atoms with Gasteiger partial charge in [-0.3, -0.25) is 9.69 Å². The molecule has 0 saturated heterocycles. The Hall–Kier alpha value is -2.67. The predicted molar refractivity (Wildman–Crippen MR) is 140 cm³/mol. The van der Waals surface area contributed by atoms with Crippen LogP contribution in [0.25, 0.3) is 0 Å². The molecule has 2 aromatic rings. The molecule has 4 fully saturated rings. The van der Waals surface area contributed by atoms with E-state index in [1.807, 2.05) is 30.1 Å². The molecule has 36 heavy (non-hydrogen) atoms. The number of amides is 1. The summed E-state index contributed by atoms with van der Waals surface area (Å²) >= 11 is 0. The van der Waals surface area contributed by atoms with Crippen LogP contribution in [0.1, 0.15) is 48.9 Å². The van der Waals surface area contributed by atoms with Crippen molar-refractivity contribution in [3.05, 3.63) is 47.4 Å². The van der Waals surface area contributed by atoms with Gasteiger partial charge >= 0.3 is 0 Å². The van der Waals surface area contributed by atoms with Crippen LogP contribution in [-0.2, 0) is 24.3 Å². The van der Waals surface area contributed by atoms with Gasteiger partial charge in [0.1, 0.15) is 17.9 Å². The summed E-state index contributed by atoms with van der Waals surface area (Å²) in [5.41, 5.74) is 3.33.